The minimum atomic E-state index is 0.265. The summed E-state index contributed by atoms with van der Waals surface area (Å²) in [5.74, 6) is 1.09. The third kappa shape index (κ3) is 0.985. The van der Waals surface area contributed by atoms with E-state index >= 15 is 0 Å². The van der Waals surface area contributed by atoms with Crippen LogP contribution in [0, 0.1) is 0 Å². The van der Waals surface area contributed by atoms with E-state index in [1.807, 2.05) is 0 Å². The highest BCUT2D eigenvalue weighted by atomic mass is 16.5. The van der Waals surface area contributed by atoms with Crippen molar-refractivity contribution in [2.45, 2.75) is 25.3 Å². The van der Waals surface area contributed by atoms with Crippen molar-refractivity contribution in [2.24, 2.45) is 5.73 Å². The zero-order valence-electron chi connectivity index (χ0n) is 7.55. The molecule has 1 aliphatic heterocycles. The fourth-order valence-corrected chi connectivity index (χ4v) is 2.31. The molecule has 2 heteroatoms. The van der Waals surface area contributed by atoms with Crippen LogP contribution in [-0.2, 0) is 12.8 Å². The van der Waals surface area contributed by atoms with E-state index < -0.39 is 0 Å². The van der Waals surface area contributed by atoms with Crippen molar-refractivity contribution < 1.29 is 4.74 Å². The Morgan fingerprint density at radius 1 is 1.23 bits per heavy atom. The van der Waals surface area contributed by atoms with E-state index in [9.17, 15) is 0 Å². The number of nitrogens with two attached hydrogens (primary N) is 1. The van der Waals surface area contributed by atoms with Crippen molar-refractivity contribution >= 4 is 0 Å². The van der Waals surface area contributed by atoms with E-state index in [-0.39, 0.29) is 6.04 Å². The van der Waals surface area contributed by atoms with Gasteiger partial charge in [0.1, 0.15) is 5.75 Å². The average Bonchev–Trinajstić information content (AvgIpc) is 2.70. The summed E-state index contributed by atoms with van der Waals surface area (Å²) in [7, 11) is 0. The number of hydrogen-bond acceptors (Lipinski definition) is 2. The molecule has 0 fully saturated rings. The van der Waals surface area contributed by atoms with Gasteiger partial charge in [0, 0.05) is 12.5 Å². The van der Waals surface area contributed by atoms with Gasteiger partial charge in [0.2, 0.25) is 0 Å². The van der Waals surface area contributed by atoms with Crippen molar-refractivity contribution in [3.63, 3.8) is 0 Å². The molecule has 0 bridgehead atoms. The Labute approximate surface area is 77.7 Å². The van der Waals surface area contributed by atoms with Gasteiger partial charge in [0.05, 0.1) is 6.61 Å². The first kappa shape index (κ1) is 7.39. The first-order chi connectivity index (χ1) is 6.34. The number of benzene rings is 1. The molecular weight excluding hydrogens is 162 g/mol. The predicted molar refractivity (Wildman–Crippen MR) is 50.9 cm³/mol. The Bertz CT molecular complexity index is 359. The topological polar surface area (TPSA) is 35.2 Å². The van der Waals surface area contributed by atoms with Gasteiger partial charge in [-0.05, 0) is 35.6 Å². The Kier molecular flexibility index (Phi) is 1.41. The van der Waals surface area contributed by atoms with Crippen LogP contribution in [-0.4, -0.2) is 6.61 Å². The third-order valence-corrected chi connectivity index (χ3v) is 3.08. The van der Waals surface area contributed by atoms with Gasteiger partial charge >= 0.3 is 0 Å². The van der Waals surface area contributed by atoms with Crippen LogP contribution in [0.2, 0.25) is 0 Å². The molecule has 0 saturated heterocycles. The van der Waals surface area contributed by atoms with Crippen LogP contribution in [0.5, 0.6) is 5.75 Å². The van der Waals surface area contributed by atoms with Crippen molar-refractivity contribution in [3.8, 4) is 5.75 Å². The lowest BCUT2D eigenvalue weighted by atomic mass is 10.0. The van der Waals surface area contributed by atoms with Crippen LogP contribution in [0.3, 0.4) is 0 Å². The Morgan fingerprint density at radius 2 is 2.15 bits per heavy atom. The number of rotatable bonds is 0. The van der Waals surface area contributed by atoms with Crippen LogP contribution in [0.4, 0.5) is 0 Å². The second-order valence-corrected chi connectivity index (χ2v) is 3.90. The monoisotopic (exact) mass is 175 g/mol. The minimum Gasteiger partial charge on any atom is -0.493 e. The maximum atomic E-state index is 6.00. The first-order valence-electron chi connectivity index (χ1n) is 4.88. The highest BCUT2D eigenvalue weighted by Gasteiger charge is 2.23. The first-order valence-corrected chi connectivity index (χ1v) is 4.88. The van der Waals surface area contributed by atoms with Crippen LogP contribution in [0.25, 0.3) is 0 Å². The largest absolute Gasteiger partial charge is 0.493 e. The molecule has 13 heavy (non-hydrogen) atoms. The van der Waals surface area contributed by atoms with Crippen LogP contribution in [0.15, 0.2) is 12.1 Å². The molecule has 1 heterocycles. The zero-order valence-corrected chi connectivity index (χ0v) is 7.55. The average molecular weight is 175 g/mol. The zero-order chi connectivity index (χ0) is 8.84. The van der Waals surface area contributed by atoms with Crippen molar-refractivity contribution in [2.75, 3.05) is 6.61 Å². The molecule has 0 saturated carbocycles. The van der Waals surface area contributed by atoms with Gasteiger partial charge in [-0.3, -0.25) is 0 Å². The smallest absolute Gasteiger partial charge is 0.122 e. The quantitative estimate of drug-likeness (QED) is 0.649. The minimum absolute atomic E-state index is 0.265. The molecular formula is C11H13NO. The van der Waals surface area contributed by atoms with E-state index in [2.05, 4.69) is 12.1 Å². The summed E-state index contributed by atoms with van der Waals surface area (Å²) >= 11 is 0. The molecule has 0 aromatic heterocycles. The van der Waals surface area contributed by atoms with Crippen LogP contribution >= 0.6 is 0 Å². The molecule has 1 atom stereocenters. The molecule has 68 valence electrons. The molecule has 1 aromatic carbocycles. The maximum Gasteiger partial charge on any atom is 0.122 e. The summed E-state index contributed by atoms with van der Waals surface area (Å²) in [4.78, 5) is 0. The number of fused-ring (bicyclic) bond motifs is 2. The summed E-state index contributed by atoms with van der Waals surface area (Å²) in [5.41, 5.74) is 10.1. The summed E-state index contributed by atoms with van der Waals surface area (Å²) in [6, 6.07) is 4.70. The Balaban J connectivity index is 2.16. The normalized spacial score (nSPS) is 23.9. The van der Waals surface area contributed by atoms with Gasteiger partial charge in [-0.15, -0.1) is 0 Å². The molecule has 0 radical (unpaired) electrons. The summed E-state index contributed by atoms with van der Waals surface area (Å²) < 4.78 is 5.52. The van der Waals surface area contributed by atoms with Gasteiger partial charge in [-0.2, -0.15) is 0 Å². The SMILES string of the molecule is N[C@H]1CCc2cc3c(cc21)CCO3. The summed E-state index contributed by atoms with van der Waals surface area (Å²) in [6.07, 6.45) is 3.26. The molecule has 1 aromatic rings. The molecule has 0 spiro atoms. The molecule has 3 rings (SSSR count). The lowest BCUT2D eigenvalue weighted by Crippen LogP contribution is -2.05. The van der Waals surface area contributed by atoms with Crippen molar-refractivity contribution in [3.05, 3.63) is 28.8 Å². The predicted octanol–water partition coefficient (Wildman–Crippen LogP) is 1.57. The second-order valence-electron chi connectivity index (χ2n) is 3.90. The van der Waals surface area contributed by atoms with Gasteiger partial charge in [-0.25, -0.2) is 0 Å². The van der Waals surface area contributed by atoms with E-state index in [0.717, 1.165) is 31.6 Å². The highest BCUT2D eigenvalue weighted by Crippen LogP contribution is 2.36. The Hall–Kier alpha value is -1.02. The molecule has 2 aliphatic rings. The standard InChI is InChI=1S/C11H13NO/c12-10-2-1-7-6-11-8(3-4-13-11)5-9(7)10/h5-6,10H,1-4,12H2/t10-/m0/s1. The van der Waals surface area contributed by atoms with Crippen molar-refractivity contribution in [1.29, 1.82) is 0 Å². The Morgan fingerprint density at radius 3 is 3.08 bits per heavy atom. The van der Waals surface area contributed by atoms with Gasteiger partial charge in [-0.1, -0.05) is 6.07 Å². The number of ether oxygens (including phenoxy) is 1. The van der Waals surface area contributed by atoms with Gasteiger partial charge in [0.25, 0.3) is 0 Å². The van der Waals surface area contributed by atoms with Crippen LogP contribution < -0.4 is 10.5 Å². The van der Waals surface area contributed by atoms with E-state index in [1.54, 1.807) is 0 Å². The summed E-state index contributed by atoms with van der Waals surface area (Å²) in [6.45, 7) is 0.841. The lowest BCUT2D eigenvalue weighted by molar-refractivity contribution is 0.356. The third-order valence-electron chi connectivity index (χ3n) is 3.08. The lowest BCUT2D eigenvalue weighted by Gasteiger charge is -2.06. The fraction of sp³-hybridized carbons (Fsp3) is 0.455. The number of aryl methyl sites for hydroxylation is 1. The fourth-order valence-electron chi connectivity index (χ4n) is 2.31. The van der Waals surface area contributed by atoms with Crippen molar-refractivity contribution in [1.82, 2.24) is 0 Å². The summed E-state index contributed by atoms with van der Waals surface area (Å²) in [5, 5.41) is 0. The van der Waals surface area contributed by atoms with E-state index in [0.29, 0.717) is 0 Å². The number of hydrogen-bond donors (Lipinski definition) is 1. The highest BCUT2D eigenvalue weighted by molar-refractivity contribution is 5.47. The van der Waals surface area contributed by atoms with Crippen LogP contribution in [0.1, 0.15) is 29.2 Å². The van der Waals surface area contributed by atoms with Gasteiger partial charge in [0.15, 0.2) is 0 Å². The van der Waals surface area contributed by atoms with Gasteiger partial charge < -0.3 is 10.5 Å². The maximum absolute atomic E-state index is 6.00. The second kappa shape index (κ2) is 2.48. The van der Waals surface area contributed by atoms with E-state index in [4.69, 9.17) is 10.5 Å². The molecule has 0 amide bonds. The molecule has 2 nitrogen and oxygen atoms in total. The molecule has 0 unspecified atom stereocenters. The molecule has 2 N–H and O–H groups in total. The van der Waals surface area contributed by atoms with E-state index in [1.165, 1.54) is 16.7 Å². The molecule has 1 aliphatic carbocycles.